The molecule has 1 unspecified atom stereocenters. The van der Waals surface area contributed by atoms with Gasteiger partial charge >= 0.3 is 0 Å². The summed E-state index contributed by atoms with van der Waals surface area (Å²) in [5.74, 6) is 1.25. The van der Waals surface area contributed by atoms with Crippen LogP contribution >= 0.6 is 0 Å². The summed E-state index contributed by atoms with van der Waals surface area (Å²) in [7, 11) is 1.77. The van der Waals surface area contributed by atoms with Crippen LogP contribution in [-0.2, 0) is 4.74 Å². The first kappa shape index (κ1) is 13.3. The first-order chi connectivity index (χ1) is 8.18. The van der Waals surface area contributed by atoms with Crippen molar-refractivity contribution in [3.63, 3.8) is 0 Å². The molecule has 2 rings (SSSR count). The van der Waals surface area contributed by atoms with E-state index in [0.717, 1.165) is 26.2 Å². The van der Waals surface area contributed by atoms with Crippen LogP contribution in [0.5, 0.6) is 0 Å². The quantitative estimate of drug-likeness (QED) is 0.710. The van der Waals surface area contributed by atoms with Crippen LogP contribution in [0.2, 0.25) is 0 Å². The summed E-state index contributed by atoms with van der Waals surface area (Å²) >= 11 is 0. The summed E-state index contributed by atoms with van der Waals surface area (Å²) < 4.78 is 5.20. The van der Waals surface area contributed by atoms with E-state index in [1.807, 2.05) is 0 Å². The van der Waals surface area contributed by atoms with E-state index in [0.29, 0.717) is 11.8 Å². The van der Waals surface area contributed by atoms with Gasteiger partial charge in [0.05, 0.1) is 12.1 Å². The monoisotopic (exact) mass is 242 g/mol. The van der Waals surface area contributed by atoms with Crippen LogP contribution in [0.25, 0.3) is 0 Å². The molecule has 1 aliphatic heterocycles. The zero-order valence-corrected chi connectivity index (χ0v) is 10.9. The van der Waals surface area contributed by atoms with Gasteiger partial charge in [-0.25, -0.2) is 0 Å². The fraction of sp³-hybridized carbons (Fsp3) is 1.00. The Bertz CT molecular complexity index is 238. The number of ether oxygens (including phenoxy) is 1. The average Bonchev–Trinajstić information content (AvgIpc) is 3.16. The molecule has 0 aromatic carbocycles. The van der Waals surface area contributed by atoms with Gasteiger partial charge in [0.25, 0.3) is 0 Å². The van der Waals surface area contributed by atoms with E-state index in [9.17, 15) is 5.11 Å². The Labute approximate surface area is 104 Å². The highest BCUT2D eigenvalue weighted by Gasteiger charge is 2.43. The van der Waals surface area contributed by atoms with Gasteiger partial charge in [-0.1, -0.05) is 0 Å². The van der Waals surface area contributed by atoms with Crippen LogP contribution in [0.3, 0.4) is 0 Å². The molecule has 1 atom stereocenters. The number of piperidine rings is 1. The normalized spacial score (nSPS) is 27.0. The third-order valence-electron chi connectivity index (χ3n) is 4.31. The summed E-state index contributed by atoms with van der Waals surface area (Å²) in [6.07, 6.45) is 4.77. The molecule has 1 saturated heterocycles. The van der Waals surface area contributed by atoms with Gasteiger partial charge in [-0.2, -0.15) is 0 Å². The number of aliphatic hydroxyl groups excluding tert-OH is 1. The maximum atomic E-state index is 9.49. The molecule has 17 heavy (non-hydrogen) atoms. The molecule has 1 heterocycles. The standard InChI is InChI=1S/C13H26N2O2/c1-17-8-11-4-6-15(7-5-11)9-13(14,10-16)12-2-3-12/h11-12,16H,2-10,14H2,1H3. The molecule has 2 fully saturated rings. The molecular weight excluding hydrogens is 216 g/mol. The van der Waals surface area contributed by atoms with Gasteiger partial charge in [0, 0.05) is 20.3 Å². The molecule has 0 aromatic rings. The number of likely N-dealkylation sites (tertiary alicyclic amines) is 1. The lowest BCUT2D eigenvalue weighted by Gasteiger charge is -2.38. The summed E-state index contributed by atoms with van der Waals surface area (Å²) in [6, 6.07) is 0. The predicted molar refractivity (Wildman–Crippen MR) is 67.8 cm³/mol. The van der Waals surface area contributed by atoms with E-state index in [-0.39, 0.29) is 12.1 Å². The van der Waals surface area contributed by atoms with Gasteiger partial charge in [-0.15, -0.1) is 0 Å². The lowest BCUT2D eigenvalue weighted by Crippen LogP contribution is -2.56. The van der Waals surface area contributed by atoms with E-state index in [1.165, 1.54) is 25.7 Å². The fourth-order valence-corrected chi connectivity index (χ4v) is 2.93. The van der Waals surface area contributed by atoms with Crippen molar-refractivity contribution in [2.45, 2.75) is 31.2 Å². The van der Waals surface area contributed by atoms with Crippen LogP contribution in [0.1, 0.15) is 25.7 Å². The van der Waals surface area contributed by atoms with E-state index < -0.39 is 0 Å². The molecule has 0 radical (unpaired) electrons. The Balaban J connectivity index is 1.76. The number of hydrogen-bond donors (Lipinski definition) is 2. The van der Waals surface area contributed by atoms with E-state index >= 15 is 0 Å². The minimum Gasteiger partial charge on any atom is -0.394 e. The van der Waals surface area contributed by atoms with Crippen LogP contribution in [0.15, 0.2) is 0 Å². The first-order valence-electron chi connectivity index (χ1n) is 6.79. The average molecular weight is 242 g/mol. The van der Waals surface area contributed by atoms with Crippen LogP contribution in [0.4, 0.5) is 0 Å². The van der Waals surface area contributed by atoms with E-state index in [2.05, 4.69) is 4.90 Å². The van der Waals surface area contributed by atoms with Crippen LogP contribution in [0, 0.1) is 11.8 Å². The molecular formula is C13H26N2O2. The molecule has 0 bridgehead atoms. The third kappa shape index (κ3) is 3.41. The van der Waals surface area contributed by atoms with Crippen molar-refractivity contribution >= 4 is 0 Å². The zero-order valence-electron chi connectivity index (χ0n) is 10.9. The molecule has 1 aliphatic carbocycles. The van der Waals surface area contributed by atoms with Gasteiger partial charge in [-0.3, -0.25) is 0 Å². The molecule has 3 N–H and O–H groups in total. The van der Waals surface area contributed by atoms with Crippen molar-refractivity contribution in [1.82, 2.24) is 4.90 Å². The fourth-order valence-electron chi connectivity index (χ4n) is 2.93. The third-order valence-corrected chi connectivity index (χ3v) is 4.31. The number of methoxy groups -OCH3 is 1. The Morgan fingerprint density at radius 1 is 1.29 bits per heavy atom. The van der Waals surface area contributed by atoms with E-state index in [1.54, 1.807) is 7.11 Å². The molecule has 0 spiro atoms. The van der Waals surface area contributed by atoms with Gasteiger partial charge in [0.2, 0.25) is 0 Å². The highest BCUT2D eigenvalue weighted by atomic mass is 16.5. The van der Waals surface area contributed by atoms with Crippen molar-refractivity contribution in [2.75, 3.05) is 40.0 Å². The molecule has 0 aromatic heterocycles. The van der Waals surface area contributed by atoms with Crippen molar-refractivity contribution in [2.24, 2.45) is 17.6 Å². The molecule has 4 heteroatoms. The Hall–Kier alpha value is -0.160. The number of nitrogens with two attached hydrogens (primary N) is 1. The molecule has 100 valence electrons. The predicted octanol–water partition coefficient (Wildman–Crippen LogP) is 0.445. The number of aliphatic hydroxyl groups is 1. The van der Waals surface area contributed by atoms with Crippen LogP contribution in [-0.4, -0.2) is 55.5 Å². The number of rotatable bonds is 6. The second kappa shape index (κ2) is 5.65. The Morgan fingerprint density at radius 3 is 2.41 bits per heavy atom. The van der Waals surface area contributed by atoms with Gasteiger partial charge < -0.3 is 20.5 Å². The maximum absolute atomic E-state index is 9.49. The van der Waals surface area contributed by atoms with Crippen molar-refractivity contribution in [3.8, 4) is 0 Å². The molecule has 1 saturated carbocycles. The second-order valence-electron chi connectivity index (χ2n) is 5.84. The van der Waals surface area contributed by atoms with Gasteiger partial charge in [0.15, 0.2) is 0 Å². The van der Waals surface area contributed by atoms with Crippen LogP contribution < -0.4 is 5.73 Å². The Morgan fingerprint density at radius 2 is 1.94 bits per heavy atom. The van der Waals surface area contributed by atoms with Crippen molar-refractivity contribution < 1.29 is 9.84 Å². The highest BCUT2D eigenvalue weighted by Crippen LogP contribution is 2.38. The molecule has 0 amide bonds. The van der Waals surface area contributed by atoms with Gasteiger partial charge in [-0.05, 0) is 50.6 Å². The molecule has 4 nitrogen and oxygen atoms in total. The van der Waals surface area contributed by atoms with Crippen molar-refractivity contribution in [3.05, 3.63) is 0 Å². The summed E-state index contributed by atoms with van der Waals surface area (Å²) in [4.78, 5) is 2.42. The Kier molecular flexibility index (Phi) is 4.42. The summed E-state index contributed by atoms with van der Waals surface area (Å²) in [6.45, 7) is 4.05. The first-order valence-corrected chi connectivity index (χ1v) is 6.79. The summed E-state index contributed by atoms with van der Waals surface area (Å²) in [5.41, 5.74) is 5.96. The van der Waals surface area contributed by atoms with Crippen molar-refractivity contribution in [1.29, 1.82) is 0 Å². The SMILES string of the molecule is COCC1CCN(CC(N)(CO)C2CC2)CC1. The minimum atomic E-state index is -0.353. The summed E-state index contributed by atoms with van der Waals surface area (Å²) in [5, 5.41) is 9.49. The smallest absolute Gasteiger partial charge is 0.0626 e. The topological polar surface area (TPSA) is 58.7 Å². The minimum absolute atomic E-state index is 0.121. The number of hydrogen-bond acceptors (Lipinski definition) is 4. The number of nitrogens with zero attached hydrogens (tertiary/aromatic N) is 1. The zero-order chi connectivity index (χ0) is 12.3. The lowest BCUT2D eigenvalue weighted by atomic mass is 9.92. The lowest BCUT2D eigenvalue weighted by molar-refractivity contribution is 0.0704. The second-order valence-corrected chi connectivity index (χ2v) is 5.84. The maximum Gasteiger partial charge on any atom is 0.0626 e. The van der Waals surface area contributed by atoms with Gasteiger partial charge in [0.1, 0.15) is 0 Å². The highest BCUT2D eigenvalue weighted by molar-refractivity contribution is 5.00. The van der Waals surface area contributed by atoms with E-state index in [4.69, 9.17) is 10.5 Å². The molecule has 2 aliphatic rings. The largest absolute Gasteiger partial charge is 0.394 e.